The van der Waals surface area contributed by atoms with Gasteiger partial charge in [0, 0.05) is 35.3 Å². The van der Waals surface area contributed by atoms with Gasteiger partial charge >= 0.3 is 0 Å². The lowest BCUT2D eigenvalue weighted by molar-refractivity contribution is -0.134. The predicted octanol–water partition coefficient (Wildman–Crippen LogP) is 4.08. The summed E-state index contributed by atoms with van der Waals surface area (Å²) in [7, 11) is 0. The highest BCUT2D eigenvalue weighted by molar-refractivity contribution is 6.01. The zero-order valence-electron chi connectivity index (χ0n) is 20.8. The van der Waals surface area contributed by atoms with Crippen LogP contribution < -0.4 is 10.6 Å². The minimum absolute atomic E-state index is 0.0108. The van der Waals surface area contributed by atoms with Crippen LogP contribution in [0, 0.1) is 11.3 Å². The number of carbonyl (C=O) groups is 2. The second kappa shape index (κ2) is 9.36. The van der Waals surface area contributed by atoms with Crippen LogP contribution in [0.1, 0.15) is 85.7 Å². The summed E-state index contributed by atoms with van der Waals surface area (Å²) >= 11 is 0. The van der Waals surface area contributed by atoms with Gasteiger partial charge in [0.15, 0.2) is 0 Å². The second-order valence-electron chi connectivity index (χ2n) is 11.9. The molecule has 1 aromatic rings. The van der Waals surface area contributed by atoms with Crippen LogP contribution in [0.3, 0.4) is 0 Å². The van der Waals surface area contributed by atoms with Gasteiger partial charge in [0.2, 0.25) is 5.91 Å². The summed E-state index contributed by atoms with van der Waals surface area (Å²) in [5.41, 5.74) is 4.42. The first-order chi connectivity index (χ1) is 17.0. The molecule has 3 aliphatic heterocycles. The van der Waals surface area contributed by atoms with Gasteiger partial charge in [0.25, 0.3) is 5.91 Å². The maximum absolute atomic E-state index is 13.1. The first-order valence-corrected chi connectivity index (χ1v) is 13.7. The molecular weight excluding hydrogens is 438 g/mol. The number of nitrogens with one attached hydrogen (secondary N) is 2. The van der Waals surface area contributed by atoms with Crippen LogP contribution in [0.25, 0.3) is 0 Å². The van der Waals surface area contributed by atoms with Gasteiger partial charge < -0.3 is 20.3 Å². The molecule has 35 heavy (non-hydrogen) atoms. The van der Waals surface area contributed by atoms with Crippen LogP contribution in [0.5, 0.6) is 0 Å². The molecular formula is C29H39N3O3. The fraction of sp³-hybridized carbons (Fsp3) is 0.655. The minimum atomic E-state index is -0.392. The fourth-order valence-electron chi connectivity index (χ4n) is 7.19. The van der Waals surface area contributed by atoms with Crippen molar-refractivity contribution in [1.82, 2.24) is 15.5 Å². The Labute approximate surface area is 208 Å². The Morgan fingerprint density at radius 2 is 1.89 bits per heavy atom. The van der Waals surface area contributed by atoms with E-state index in [2.05, 4.69) is 29.3 Å². The molecule has 1 unspecified atom stereocenters. The van der Waals surface area contributed by atoms with Gasteiger partial charge in [-0.05, 0) is 80.9 Å². The van der Waals surface area contributed by atoms with E-state index in [-0.39, 0.29) is 11.8 Å². The molecule has 0 radical (unpaired) electrons. The molecule has 2 aliphatic carbocycles. The molecule has 5 aliphatic rings. The molecule has 6 rings (SSSR count). The SMILES string of the molecule is C=C1CCC(N2Cc3cc(C[C@H]4CCCC[C@@H]4NC4CCC5(CC4)COC5)ccc3C2=O)C(=O)N1. The maximum atomic E-state index is 13.1. The van der Waals surface area contributed by atoms with Gasteiger partial charge in [-0.1, -0.05) is 31.6 Å². The van der Waals surface area contributed by atoms with Gasteiger partial charge in [-0.2, -0.15) is 0 Å². The first-order valence-electron chi connectivity index (χ1n) is 13.7. The maximum Gasteiger partial charge on any atom is 0.255 e. The van der Waals surface area contributed by atoms with Gasteiger partial charge in [-0.15, -0.1) is 0 Å². The molecule has 1 spiro atoms. The van der Waals surface area contributed by atoms with Crippen LogP contribution in [-0.4, -0.2) is 48.1 Å². The molecule has 6 nitrogen and oxygen atoms in total. The normalized spacial score (nSPS) is 30.8. The number of nitrogens with zero attached hydrogens (tertiary/aromatic N) is 1. The highest BCUT2D eigenvalue weighted by atomic mass is 16.5. The Kier molecular flexibility index (Phi) is 6.21. The number of allylic oxidation sites excluding steroid dienone is 1. The van der Waals surface area contributed by atoms with E-state index in [9.17, 15) is 9.59 Å². The highest BCUT2D eigenvalue weighted by Crippen LogP contribution is 2.42. The summed E-state index contributed by atoms with van der Waals surface area (Å²) in [6, 6.07) is 7.23. The third-order valence-electron chi connectivity index (χ3n) is 9.42. The van der Waals surface area contributed by atoms with Crippen molar-refractivity contribution in [2.45, 2.75) is 95.3 Å². The molecule has 1 aromatic carbocycles. The van der Waals surface area contributed by atoms with Crippen molar-refractivity contribution in [1.29, 1.82) is 0 Å². The number of piperidine rings is 1. The van der Waals surface area contributed by atoms with E-state index in [0.717, 1.165) is 42.9 Å². The van der Waals surface area contributed by atoms with Gasteiger partial charge in [-0.3, -0.25) is 9.59 Å². The lowest BCUT2D eigenvalue weighted by Crippen LogP contribution is -2.51. The molecule has 188 valence electrons. The largest absolute Gasteiger partial charge is 0.380 e. The highest BCUT2D eigenvalue weighted by Gasteiger charge is 2.42. The number of hydrogen-bond acceptors (Lipinski definition) is 4. The topological polar surface area (TPSA) is 70.7 Å². The number of ether oxygens (including phenoxy) is 1. The Morgan fingerprint density at radius 3 is 2.63 bits per heavy atom. The Bertz CT molecular complexity index is 1010. The van der Waals surface area contributed by atoms with Crippen molar-refractivity contribution in [3.63, 3.8) is 0 Å². The molecule has 0 bridgehead atoms. The van der Waals surface area contributed by atoms with Crippen LogP contribution in [0.4, 0.5) is 0 Å². The average Bonchev–Trinajstić information content (AvgIpc) is 3.15. The third kappa shape index (κ3) is 4.55. The third-order valence-corrected chi connectivity index (χ3v) is 9.42. The van der Waals surface area contributed by atoms with Crippen LogP contribution >= 0.6 is 0 Å². The molecule has 0 aromatic heterocycles. The van der Waals surface area contributed by atoms with E-state index in [0.29, 0.717) is 36.4 Å². The van der Waals surface area contributed by atoms with E-state index in [1.54, 1.807) is 4.90 Å². The van der Waals surface area contributed by atoms with E-state index in [1.165, 1.54) is 56.9 Å². The van der Waals surface area contributed by atoms with E-state index < -0.39 is 6.04 Å². The van der Waals surface area contributed by atoms with Crippen LogP contribution in [-0.2, 0) is 22.5 Å². The van der Waals surface area contributed by atoms with Crippen molar-refractivity contribution in [3.05, 3.63) is 47.2 Å². The van der Waals surface area contributed by atoms with Crippen LogP contribution in [0.15, 0.2) is 30.5 Å². The summed E-state index contributed by atoms with van der Waals surface area (Å²) in [5, 5.41) is 6.91. The van der Waals surface area contributed by atoms with Gasteiger partial charge in [0.05, 0.1) is 13.2 Å². The van der Waals surface area contributed by atoms with Gasteiger partial charge in [-0.25, -0.2) is 0 Å². The summed E-state index contributed by atoms with van der Waals surface area (Å²) < 4.78 is 5.51. The number of fused-ring (bicyclic) bond motifs is 1. The summed E-state index contributed by atoms with van der Waals surface area (Å²) in [6.07, 6.45) is 12.8. The monoisotopic (exact) mass is 477 g/mol. The smallest absolute Gasteiger partial charge is 0.255 e. The predicted molar refractivity (Wildman–Crippen MR) is 135 cm³/mol. The molecule has 3 heterocycles. The number of amides is 2. The van der Waals surface area contributed by atoms with Crippen molar-refractivity contribution < 1.29 is 14.3 Å². The first kappa shape index (κ1) is 23.2. The van der Waals surface area contributed by atoms with Crippen molar-refractivity contribution in [2.24, 2.45) is 11.3 Å². The van der Waals surface area contributed by atoms with Crippen molar-refractivity contribution in [2.75, 3.05) is 13.2 Å². The van der Waals surface area contributed by atoms with Crippen LogP contribution in [0.2, 0.25) is 0 Å². The lowest BCUT2D eigenvalue weighted by atomic mass is 9.70. The van der Waals surface area contributed by atoms with E-state index >= 15 is 0 Å². The summed E-state index contributed by atoms with van der Waals surface area (Å²) in [5.74, 6) is 0.536. The van der Waals surface area contributed by atoms with Gasteiger partial charge in [0.1, 0.15) is 6.04 Å². The Morgan fingerprint density at radius 1 is 1.09 bits per heavy atom. The molecule has 2 amide bonds. The Balaban J connectivity index is 1.09. The molecule has 2 N–H and O–H groups in total. The zero-order chi connectivity index (χ0) is 24.0. The molecule has 6 heteroatoms. The minimum Gasteiger partial charge on any atom is -0.380 e. The quantitative estimate of drug-likeness (QED) is 0.670. The molecule has 3 atom stereocenters. The molecule has 4 fully saturated rings. The second-order valence-corrected chi connectivity index (χ2v) is 11.9. The van der Waals surface area contributed by atoms with E-state index in [4.69, 9.17) is 4.74 Å². The molecule has 2 saturated heterocycles. The fourth-order valence-corrected chi connectivity index (χ4v) is 7.19. The number of hydrogen-bond donors (Lipinski definition) is 2. The summed E-state index contributed by atoms with van der Waals surface area (Å²) in [6.45, 7) is 6.35. The zero-order valence-corrected chi connectivity index (χ0v) is 20.8. The number of benzene rings is 1. The van der Waals surface area contributed by atoms with Crippen molar-refractivity contribution >= 4 is 11.8 Å². The van der Waals surface area contributed by atoms with E-state index in [1.807, 2.05) is 6.07 Å². The lowest BCUT2D eigenvalue weighted by Gasteiger charge is -2.47. The standard InChI is InChI=1S/C29H39N3O3/c1-19-6-9-26(27(33)30-19)32-16-22-15-20(7-8-24(22)28(32)34)14-21-4-2-3-5-25(21)31-23-10-12-29(13-11-23)17-35-18-29/h7-8,15,21,23,25-26,31H,1-6,9-14,16-18H2,(H,30,33)/t21-,25+,26?/m1/s1. The summed E-state index contributed by atoms with van der Waals surface area (Å²) in [4.78, 5) is 27.3. The molecule has 2 saturated carbocycles. The Hall–Kier alpha value is -2.18. The number of carbonyl (C=O) groups excluding carboxylic acids is 2. The van der Waals surface area contributed by atoms with Crippen molar-refractivity contribution in [3.8, 4) is 0 Å². The number of rotatable bonds is 5. The average molecular weight is 478 g/mol.